The van der Waals surface area contributed by atoms with Crippen molar-refractivity contribution in [2.45, 2.75) is 23.3 Å². The van der Waals surface area contributed by atoms with Crippen molar-refractivity contribution in [1.82, 2.24) is 9.88 Å². The summed E-state index contributed by atoms with van der Waals surface area (Å²) in [5.41, 5.74) is 6.25. The Kier molecular flexibility index (Phi) is 5.39. The Morgan fingerprint density at radius 3 is 2.39 bits per heavy atom. The predicted octanol–water partition coefficient (Wildman–Crippen LogP) is 2.59. The lowest BCUT2D eigenvalue weighted by Gasteiger charge is -2.16. The maximum atomic E-state index is 13.1. The number of carbonyl (C=O) groups is 2. The van der Waals surface area contributed by atoms with Gasteiger partial charge in [0.1, 0.15) is 16.3 Å². The van der Waals surface area contributed by atoms with Crippen LogP contribution in [0.25, 0.3) is 0 Å². The largest absolute Gasteiger partial charge is 0.364 e. The van der Waals surface area contributed by atoms with Crippen LogP contribution in [-0.2, 0) is 16.4 Å². The number of sulfone groups is 1. The number of primary amides is 1. The van der Waals surface area contributed by atoms with E-state index in [4.69, 9.17) is 5.73 Å². The molecule has 1 aromatic carbocycles. The molecule has 9 heteroatoms. The monoisotopic (exact) mass is 417 g/mol. The number of hydrogen-bond donors (Lipinski definition) is 2. The van der Waals surface area contributed by atoms with Gasteiger partial charge in [-0.05, 0) is 47.0 Å². The van der Waals surface area contributed by atoms with Crippen molar-refractivity contribution in [3.63, 3.8) is 0 Å². The van der Waals surface area contributed by atoms with E-state index in [-0.39, 0.29) is 26.7 Å². The molecule has 0 aliphatic carbocycles. The van der Waals surface area contributed by atoms with Crippen LogP contribution >= 0.6 is 11.3 Å². The molecule has 0 saturated carbocycles. The molecule has 2 heterocycles. The van der Waals surface area contributed by atoms with Gasteiger partial charge in [0.15, 0.2) is 0 Å². The maximum absolute atomic E-state index is 13.1. The minimum Gasteiger partial charge on any atom is -0.364 e. The number of carbonyl (C=O) groups excluding carboxylic acids is 2. The molecule has 7 nitrogen and oxygen atoms in total. The molecule has 0 aliphatic heterocycles. The predicted molar refractivity (Wildman–Crippen MR) is 106 cm³/mol. The standard InChI is InChI=1S/C19H19N3O4S2/c1-12-15(19(24)22(2)10-13-8-9-27-11-13)21-16(18(20)23)17(12)28(25,26)14-6-4-3-5-7-14/h3-9,11,21H,10H2,1-2H3,(H2,20,23). The van der Waals surface area contributed by atoms with E-state index in [1.807, 2.05) is 16.8 Å². The first-order valence-corrected chi connectivity index (χ1v) is 10.7. The van der Waals surface area contributed by atoms with Gasteiger partial charge in [0.2, 0.25) is 9.84 Å². The van der Waals surface area contributed by atoms with Crippen LogP contribution < -0.4 is 5.73 Å². The second kappa shape index (κ2) is 7.61. The van der Waals surface area contributed by atoms with E-state index in [1.165, 1.54) is 35.3 Å². The van der Waals surface area contributed by atoms with Crippen LogP contribution in [0.2, 0.25) is 0 Å². The summed E-state index contributed by atoms with van der Waals surface area (Å²) in [4.78, 5) is 28.7. The fraction of sp³-hybridized carbons (Fsp3) is 0.158. The fourth-order valence-corrected chi connectivity index (χ4v) is 5.27. The molecule has 0 aliphatic rings. The first-order chi connectivity index (χ1) is 13.2. The van der Waals surface area contributed by atoms with Gasteiger partial charge in [-0.15, -0.1) is 0 Å². The van der Waals surface area contributed by atoms with E-state index in [0.29, 0.717) is 6.54 Å². The van der Waals surface area contributed by atoms with Crippen LogP contribution in [0.5, 0.6) is 0 Å². The lowest BCUT2D eigenvalue weighted by Crippen LogP contribution is -2.27. The number of H-pyrrole nitrogens is 1. The van der Waals surface area contributed by atoms with Crippen molar-refractivity contribution in [2.24, 2.45) is 5.73 Å². The third kappa shape index (κ3) is 3.58. The van der Waals surface area contributed by atoms with Gasteiger partial charge in [0.05, 0.1) is 4.90 Å². The number of thiophene rings is 1. The lowest BCUT2D eigenvalue weighted by atomic mass is 10.2. The van der Waals surface area contributed by atoms with E-state index in [9.17, 15) is 18.0 Å². The van der Waals surface area contributed by atoms with Crippen molar-refractivity contribution in [3.05, 3.63) is 69.7 Å². The molecule has 3 rings (SSSR count). The molecular formula is C19H19N3O4S2. The minimum absolute atomic E-state index is 0.0187. The van der Waals surface area contributed by atoms with Crippen LogP contribution in [0, 0.1) is 6.92 Å². The molecule has 146 valence electrons. The van der Waals surface area contributed by atoms with Gasteiger partial charge in [0, 0.05) is 13.6 Å². The first-order valence-electron chi connectivity index (χ1n) is 8.32. The summed E-state index contributed by atoms with van der Waals surface area (Å²) in [5.74, 6) is -1.38. The minimum atomic E-state index is -4.03. The molecule has 0 spiro atoms. The maximum Gasteiger partial charge on any atom is 0.270 e. The second-order valence-corrected chi connectivity index (χ2v) is 8.97. The van der Waals surface area contributed by atoms with Gasteiger partial charge in [-0.25, -0.2) is 8.42 Å². The number of rotatable bonds is 6. The van der Waals surface area contributed by atoms with E-state index >= 15 is 0 Å². The van der Waals surface area contributed by atoms with Gasteiger partial charge in [-0.1, -0.05) is 18.2 Å². The van der Waals surface area contributed by atoms with Crippen LogP contribution in [0.15, 0.2) is 56.9 Å². The van der Waals surface area contributed by atoms with Gasteiger partial charge < -0.3 is 15.6 Å². The fourth-order valence-electron chi connectivity index (χ4n) is 2.94. The Balaban J connectivity index is 2.07. The highest BCUT2D eigenvalue weighted by Gasteiger charge is 2.32. The summed E-state index contributed by atoms with van der Waals surface area (Å²) >= 11 is 1.52. The van der Waals surface area contributed by atoms with Crippen LogP contribution in [0.3, 0.4) is 0 Å². The third-order valence-corrected chi connectivity index (χ3v) is 6.99. The summed E-state index contributed by atoms with van der Waals surface area (Å²) < 4.78 is 26.2. The highest BCUT2D eigenvalue weighted by Crippen LogP contribution is 2.30. The first kappa shape index (κ1) is 19.8. The molecule has 0 fully saturated rings. The number of aromatic nitrogens is 1. The van der Waals surface area contributed by atoms with E-state index in [1.54, 1.807) is 25.2 Å². The van der Waals surface area contributed by atoms with Crippen molar-refractivity contribution < 1.29 is 18.0 Å². The number of nitrogens with one attached hydrogen (secondary N) is 1. The number of amides is 2. The zero-order valence-electron chi connectivity index (χ0n) is 15.3. The van der Waals surface area contributed by atoms with E-state index < -0.39 is 21.7 Å². The van der Waals surface area contributed by atoms with Gasteiger partial charge in [-0.3, -0.25) is 9.59 Å². The summed E-state index contributed by atoms with van der Waals surface area (Å²) in [6, 6.07) is 9.61. The molecule has 0 bridgehead atoms. The number of benzene rings is 1. The number of aromatic amines is 1. The van der Waals surface area contributed by atoms with Crippen molar-refractivity contribution in [3.8, 4) is 0 Å². The molecule has 28 heavy (non-hydrogen) atoms. The Hall–Kier alpha value is -2.91. The zero-order chi connectivity index (χ0) is 20.5. The van der Waals surface area contributed by atoms with Gasteiger partial charge >= 0.3 is 0 Å². The smallest absolute Gasteiger partial charge is 0.270 e. The number of hydrogen-bond acceptors (Lipinski definition) is 5. The Morgan fingerprint density at radius 2 is 1.82 bits per heavy atom. The van der Waals surface area contributed by atoms with E-state index in [2.05, 4.69) is 4.98 Å². The second-order valence-electron chi connectivity index (χ2n) is 6.30. The highest BCUT2D eigenvalue weighted by atomic mass is 32.2. The topological polar surface area (TPSA) is 113 Å². The molecular weight excluding hydrogens is 398 g/mol. The molecule has 0 saturated heterocycles. The van der Waals surface area contributed by atoms with Gasteiger partial charge in [-0.2, -0.15) is 11.3 Å². The average molecular weight is 418 g/mol. The highest BCUT2D eigenvalue weighted by molar-refractivity contribution is 7.91. The quantitative estimate of drug-likeness (QED) is 0.642. The molecule has 3 N–H and O–H groups in total. The molecule has 0 atom stereocenters. The Bertz CT molecular complexity index is 1120. The lowest BCUT2D eigenvalue weighted by molar-refractivity contribution is 0.0779. The average Bonchev–Trinajstić information content (AvgIpc) is 3.29. The molecule has 0 unspecified atom stereocenters. The third-order valence-electron chi connectivity index (χ3n) is 4.32. The molecule has 0 radical (unpaired) electrons. The van der Waals surface area contributed by atoms with Crippen molar-refractivity contribution >= 4 is 33.0 Å². The zero-order valence-corrected chi connectivity index (χ0v) is 16.9. The van der Waals surface area contributed by atoms with Crippen molar-refractivity contribution in [1.29, 1.82) is 0 Å². The Labute approximate surface area is 166 Å². The van der Waals surface area contributed by atoms with E-state index in [0.717, 1.165) is 5.56 Å². The SMILES string of the molecule is Cc1c(C(=O)N(C)Cc2ccsc2)[nH]c(C(N)=O)c1S(=O)(=O)c1ccccc1. The number of nitrogens with two attached hydrogens (primary N) is 1. The summed E-state index contributed by atoms with van der Waals surface area (Å²) in [6.07, 6.45) is 0. The van der Waals surface area contributed by atoms with Crippen LogP contribution in [0.1, 0.15) is 32.1 Å². The van der Waals surface area contributed by atoms with Crippen LogP contribution in [-0.4, -0.2) is 37.2 Å². The van der Waals surface area contributed by atoms with Gasteiger partial charge in [0.25, 0.3) is 11.8 Å². The summed E-state index contributed by atoms with van der Waals surface area (Å²) in [5, 5.41) is 3.83. The summed E-state index contributed by atoms with van der Waals surface area (Å²) in [7, 11) is -2.43. The Morgan fingerprint density at radius 1 is 1.14 bits per heavy atom. The van der Waals surface area contributed by atoms with Crippen LogP contribution in [0.4, 0.5) is 0 Å². The molecule has 2 aromatic heterocycles. The van der Waals surface area contributed by atoms with Crippen molar-refractivity contribution in [2.75, 3.05) is 7.05 Å². The summed E-state index contributed by atoms with van der Waals surface area (Å²) in [6.45, 7) is 1.85. The molecule has 3 aromatic rings. The molecule has 2 amide bonds. The number of nitrogens with zero attached hydrogens (tertiary/aromatic N) is 1. The normalized spacial score (nSPS) is 11.4.